The molecule has 3 N–H and O–H groups in total. The number of methoxy groups -OCH3 is 1. The number of hydrogen-bond acceptors (Lipinski definition) is 7. The summed E-state index contributed by atoms with van der Waals surface area (Å²) in [4.78, 5) is 28.2. The third-order valence-corrected chi connectivity index (χ3v) is 4.14. The van der Waals surface area contributed by atoms with Crippen LogP contribution >= 0.6 is 0 Å². The number of carbonyl (C=O) groups is 1. The summed E-state index contributed by atoms with van der Waals surface area (Å²) in [5.41, 5.74) is -0.282. The van der Waals surface area contributed by atoms with Crippen LogP contribution in [0.3, 0.4) is 0 Å². The molecule has 4 atom stereocenters. The van der Waals surface area contributed by atoms with Gasteiger partial charge in [0.05, 0.1) is 6.61 Å². The molecule has 1 aliphatic rings. The van der Waals surface area contributed by atoms with E-state index in [-0.39, 0.29) is 12.4 Å². The zero-order valence-electron chi connectivity index (χ0n) is 14.0. The van der Waals surface area contributed by atoms with Gasteiger partial charge in [0.2, 0.25) is 0 Å². The van der Waals surface area contributed by atoms with E-state index in [0.717, 1.165) is 4.57 Å². The third-order valence-electron chi connectivity index (χ3n) is 4.14. The molecule has 138 valence electrons. The van der Waals surface area contributed by atoms with E-state index < -0.39 is 36.1 Å². The van der Waals surface area contributed by atoms with E-state index >= 15 is 0 Å². The monoisotopic (exact) mass is 361 g/mol. The molecule has 2 aromatic rings. The molecule has 0 radical (unpaired) electrons. The van der Waals surface area contributed by atoms with Crippen LogP contribution in [0.1, 0.15) is 16.6 Å². The predicted molar refractivity (Wildman–Crippen MR) is 90.7 cm³/mol. The lowest BCUT2D eigenvalue weighted by molar-refractivity contribution is -0.0568. The molecule has 4 unspecified atom stereocenters. The lowest BCUT2D eigenvalue weighted by atomic mass is 10.1. The number of carbonyl (C=O) groups excluding carboxylic acids is 1. The average Bonchev–Trinajstić information content (AvgIpc) is 2.98. The Kier molecular flexibility index (Phi) is 5.43. The summed E-state index contributed by atoms with van der Waals surface area (Å²) < 4.78 is 11.7. The standard InChI is InChI=1S/C17H19N3O6/c1-25-14-11(9-21)26-16(13(14)22)20-8-7-12(19-17(20)24)18-15(23)10-5-3-2-4-6-10/h2-8,11,13-14,16,21-22H,9H2,1H3,(H,18,19,23,24). The van der Waals surface area contributed by atoms with Crippen molar-refractivity contribution in [1.29, 1.82) is 0 Å². The van der Waals surface area contributed by atoms with Crippen LogP contribution in [-0.4, -0.2) is 57.7 Å². The summed E-state index contributed by atoms with van der Waals surface area (Å²) >= 11 is 0. The van der Waals surface area contributed by atoms with Gasteiger partial charge in [0.1, 0.15) is 24.1 Å². The molecule has 0 spiro atoms. The summed E-state index contributed by atoms with van der Waals surface area (Å²) in [6, 6.07) is 9.94. The van der Waals surface area contributed by atoms with Crippen LogP contribution in [-0.2, 0) is 9.47 Å². The van der Waals surface area contributed by atoms with Gasteiger partial charge in [0.25, 0.3) is 5.91 Å². The van der Waals surface area contributed by atoms with E-state index in [4.69, 9.17) is 9.47 Å². The van der Waals surface area contributed by atoms with Crippen molar-refractivity contribution in [3.63, 3.8) is 0 Å². The van der Waals surface area contributed by atoms with Gasteiger partial charge in [-0.2, -0.15) is 4.98 Å². The summed E-state index contributed by atoms with van der Waals surface area (Å²) in [6.07, 6.45) is -2.37. The second-order valence-corrected chi connectivity index (χ2v) is 5.76. The largest absolute Gasteiger partial charge is 0.394 e. The molecular formula is C17H19N3O6. The number of hydrogen-bond donors (Lipinski definition) is 3. The maximum absolute atomic E-state index is 12.3. The minimum absolute atomic E-state index is 0.0783. The highest BCUT2D eigenvalue weighted by Crippen LogP contribution is 2.29. The Morgan fingerprint density at radius 3 is 2.65 bits per heavy atom. The SMILES string of the molecule is COC1C(CO)OC(n2ccc(NC(=O)c3ccccc3)nc2=O)C1O. The molecule has 3 rings (SSSR count). The van der Waals surface area contributed by atoms with Crippen molar-refractivity contribution < 1.29 is 24.5 Å². The van der Waals surface area contributed by atoms with Crippen molar-refractivity contribution in [2.75, 3.05) is 19.0 Å². The lowest BCUT2D eigenvalue weighted by Gasteiger charge is -2.18. The predicted octanol–water partition coefficient (Wildman–Crippen LogP) is -0.239. The van der Waals surface area contributed by atoms with Gasteiger partial charge < -0.3 is 25.0 Å². The van der Waals surface area contributed by atoms with Gasteiger partial charge in [-0.05, 0) is 18.2 Å². The van der Waals surface area contributed by atoms with Gasteiger partial charge in [-0.3, -0.25) is 9.36 Å². The van der Waals surface area contributed by atoms with Gasteiger partial charge >= 0.3 is 5.69 Å². The first-order valence-electron chi connectivity index (χ1n) is 7.98. The molecule has 9 heteroatoms. The molecule has 1 amide bonds. The van der Waals surface area contributed by atoms with Crippen LogP contribution < -0.4 is 11.0 Å². The average molecular weight is 361 g/mol. The summed E-state index contributed by atoms with van der Waals surface area (Å²) in [5.74, 6) is -0.318. The molecular weight excluding hydrogens is 342 g/mol. The smallest absolute Gasteiger partial charge is 0.351 e. The summed E-state index contributed by atoms with van der Waals surface area (Å²) in [6.45, 7) is -0.362. The molecule has 0 saturated carbocycles. The molecule has 1 aromatic carbocycles. The summed E-state index contributed by atoms with van der Waals surface area (Å²) in [5, 5.41) is 22.1. The number of amides is 1. The maximum Gasteiger partial charge on any atom is 0.351 e. The molecule has 1 aromatic heterocycles. The quantitative estimate of drug-likeness (QED) is 0.672. The number of aromatic nitrogens is 2. The van der Waals surface area contributed by atoms with Gasteiger partial charge in [-0.25, -0.2) is 4.79 Å². The number of nitrogens with one attached hydrogen (secondary N) is 1. The highest BCUT2D eigenvalue weighted by molar-refractivity contribution is 6.03. The third kappa shape index (κ3) is 3.51. The second-order valence-electron chi connectivity index (χ2n) is 5.76. The minimum Gasteiger partial charge on any atom is -0.394 e. The van der Waals surface area contributed by atoms with Crippen molar-refractivity contribution >= 4 is 11.7 Å². The van der Waals surface area contributed by atoms with E-state index in [2.05, 4.69) is 10.3 Å². The van der Waals surface area contributed by atoms with Gasteiger partial charge in [-0.1, -0.05) is 18.2 Å². The molecule has 0 aliphatic carbocycles. The number of anilines is 1. The number of aliphatic hydroxyl groups is 2. The number of nitrogens with zero attached hydrogens (tertiary/aromatic N) is 2. The Hall–Kier alpha value is -2.59. The van der Waals surface area contributed by atoms with Crippen LogP contribution in [0.25, 0.3) is 0 Å². The molecule has 0 bridgehead atoms. The van der Waals surface area contributed by atoms with Crippen LogP contribution in [0.5, 0.6) is 0 Å². The number of benzene rings is 1. The number of aliphatic hydroxyl groups excluding tert-OH is 2. The molecule has 1 saturated heterocycles. The topological polar surface area (TPSA) is 123 Å². The lowest BCUT2D eigenvalue weighted by Crippen LogP contribution is -2.37. The van der Waals surface area contributed by atoms with Crippen molar-refractivity contribution in [2.24, 2.45) is 0 Å². The Morgan fingerprint density at radius 2 is 2.08 bits per heavy atom. The van der Waals surface area contributed by atoms with Gasteiger partial charge in [0, 0.05) is 18.9 Å². The van der Waals surface area contributed by atoms with E-state index in [0.29, 0.717) is 5.56 Å². The van der Waals surface area contributed by atoms with E-state index in [1.807, 2.05) is 0 Å². The summed E-state index contributed by atoms with van der Waals surface area (Å²) in [7, 11) is 1.38. The fourth-order valence-electron chi connectivity index (χ4n) is 2.84. The van der Waals surface area contributed by atoms with Crippen LogP contribution in [0.4, 0.5) is 5.82 Å². The van der Waals surface area contributed by atoms with E-state index in [1.54, 1.807) is 30.3 Å². The highest BCUT2D eigenvalue weighted by atomic mass is 16.6. The van der Waals surface area contributed by atoms with Gasteiger partial charge in [0.15, 0.2) is 6.23 Å². The number of rotatable bonds is 5. The normalized spacial score (nSPS) is 25.2. The van der Waals surface area contributed by atoms with Crippen molar-refractivity contribution in [1.82, 2.24) is 9.55 Å². The first kappa shape index (κ1) is 18.2. The van der Waals surface area contributed by atoms with Crippen molar-refractivity contribution in [3.8, 4) is 0 Å². The Labute approximate surface area is 148 Å². The Bertz CT molecular complexity index is 825. The van der Waals surface area contributed by atoms with Crippen molar-refractivity contribution in [3.05, 3.63) is 58.6 Å². The number of ether oxygens (including phenoxy) is 2. The maximum atomic E-state index is 12.3. The first-order chi connectivity index (χ1) is 12.5. The fourth-order valence-corrected chi connectivity index (χ4v) is 2.84. The Balaban J connectivity index is 1.78. The van der Waals surface area contributed by atoms with E-state index in [9.17, 15) is 19.8 Å². The van der Waals surface area contributed by atoms with Crippen LogP contribution in [0, 0.1) is 0 Å². The molecule has 1 fully saturated rings. The van der Waals surface area contributed by atoms with Crippen LogP contribution in [0.15, 0.2) is 47.4 Å². The molecule has 26 heavy (non-hydrogen) atoms. The highest BCUT2D eigenvalue weighted by Gasteiger charge is 2.45. The fraction of sp³-hybridized carbons (Fsp3) is 0.353. The first-order valence-corrected chi connectivity index (χ1v) is 7.98. The zero-order chi connectivity index (χ0) is 18.7. The van der Waals surface area contributed by atoms with E-state index in [1.165, 1.54) is 19.4 Å². The molecule has 1 aliphatic heterocycles. The second kappa shape index (κ2) is 7.75. The van der Waals surface area contributed by atoms with Gasteiger partial charge in [-0.15, -0.1) is 0 Å². The molecule has 2 heterocycles. The zero-order valence-corrected chi connectivity index (χ0v) is 14.0. The molecule has 9 nitrogen and oxygen atoms in total. The van der Waals surface area contributed by atoms with Crippen molar-refractivity contribution in [2.45, 2.75) is 24.5 Å². The minimum atomic E-state index is -1.15. The van der Waals surface area contributed by atoms with Crippen LogP contribution in [0.2, 0.25) is 0 Å². The Morgan fingerprint density at radius 1 is 1.35 bits per heavy atom.